The zero-order valence-electron chi connectivity index (χ0n) is 9.79. The molecule has 1 aliphatic carbocycles. The summed E-state index contributed by atoms with van der Waals surface area (Å²) >= 11 is 0. The van der Waals surface area contributed by atoms with Crippen LogP contribution < -0.4 is 0 Å². The first-order valence-electron chi connectivity index (χ1n) is 5.64. The van der Waals surface area contributed by atoms with E-state index in [0.717, 1.165) is 4.90 Å². The number of aliphatic carboxylic acids is 1. The Bertz CT molecular complexity index is 411. The van der Waals surface area contributed by atoms with Crippen LogP contribution in [0.3, 0.4) is 0 Å². The Morgan fingerprint density at radius 1 is 1.39 bits per heavy atom. The fourth-order valence-corrected chi connectivity index (χ4v) is 2.23. The van der Waals surface area contributed by atoms with E-state index in [1.807, 2.05) is 0 Å². The molecule has 98 valence electrons. The van der Waals surface area contributed by atoms with Crippen LogP contribution in [-0.2, 0) is 23.9 Å². The fraction of sp³-hybridized carbons (Fsp3) is 0.636. The summed E-state index contributed by atoms with van der Waals surface area (Å²) in [4.78, 5) is 46.4. The molecule has 1 N–H and O–H groups in total. The quantitative estimate of drug-likeness (QED) is 0.520. The van der Waals surface area contributed by atoms with Crippen molar-refractivity contribution in [3.8, 4) is 0 Å². The van der Waals surface area contributed by atoms with Gasteiger partial charge >= 0.3 is 11.9 Å². The Labute approximate surface area is 103 Å². The van der Waals surface area contributed by atoms with Crippen LogP contribution in [0.1, 0.15) is 19.3 Å². The molecule has 0 aromatic heterocycles. The molecule has 7 heteroatoms. The van der Waals surface area contributed by atoms with Gasteiger partial charge in [0.05, 0.1) is 18.9 Å². The van der Waals surface area contributed by atoms with Crippen molar-refractivity contribution in [1.29, 1.82) is 0 Å². The van der Waals surface area contributed by atoms with E-state index in [1.165, 1.54) is 7.11 Å². The number of piperidine rings is 1. The number of rotatable bonds is 5. The molecule has 2 rings (SSSR count). The van der Waals surface area contributed by atoms with Crippen molar-refractivity contribution in [2.75, 3.05) is 7.11 Å². The third-order valence-corrected chi connectivity index (χ3v) is 3.35. The van der Waals surface area contributed by atoms with E-state index >= 15 is 0 Å². The molecular weight excluding hydrogens is 242 g/mol. The summed E-state index contributed by atoms with van der Waals surface area (Å²) in [6.07, 6.45) is 0.274. The first kappa shape index (κ1) is 12.5. The minimum atomic E-state index is -1.28. The zero-order chi connectivity index (χ0) is 13.4. The number of carboxylic acid groups (broad SMARTS) is 1. The second kappa shape index (κ2) is 4.40. The molecule has 2 amide bonds. The zero-order valence-corrected chi connectivity index (χ0v) is 9.79. The van der Waals surface area contributed by atoms with Gasteiger partial charge in [0.2, 0.25) is 11.8 Å². The van der Waals surface area contributed by atoms with Crippen LogP contribution in [0.4, 0.5) is 0 Å². The van der Waals surface area contributed by atoms with Crippen molar-refractivity contribution in [2.45, 2.75) is 25.3 Å². The molecule has 1 heterocycles. The van der Waals surface area contributed by atoms with Crippen LogP contribution >= 0.6 is 0 Å². The predicted octanol–water partition coefficient (Wildman–Crippen LogP) is -0.602. The maximum absolute atomic E-state index is 11.7. The number of nitrogens with zero attached hydrogens (tertiary/aromatic N) is 1. The van der Waals surface area contributed by atoms with E-state index in [-0.39, 0.29) is 24.7 Å². The van der Waals surface area contributed by atoms with Crippen molar-refractivity contribution >= 4 is 23.8 Å². The third-order valence-electron chi connectivity index (χ3n) is 3.35. The second-order valence-corrected chi connectivity index (χ2v) is 4.46. The normalized spacial score (nSPS) is 26.8. The van der Waals surface area contributed by atoms with E-state index in [9.17, 15) is 19.2 Å². The smallest absolute Gasteiger partial charge is 0.326 e. The number of hydrogen-bond acceptors (Lipinski definition) is 5. The minimum absolute atomic E-state index is 0.112. The highest BCUT2D eigenvalue weighted by Gasteiger charge is 2.61. The van der Waals surface area contributed by atoms with Crippen LogP contribution in [0.25, 0.3) is 0 Å². The molecule has 0 spiro atoms. The number of amides is 2. The van der Waals surface area contributed by atoms with E-state index in [0.29, 0.717) is 6.42 Å². The number of carbonyl (C=O) groups is 4. The lowest BCUT2D eigenvalue weighted by Crippen LogP contribution is -2.46. The number of ether oxygens (including phenoxy) is 1. The number of fused-ring (bicyclic) bond motifs is 1. The summed E-state index contributed by atoms with van der Waals surface area (Å²) in [7, 11) is 1.19. The molecule has 7 nitrogen and oxygen atoms in total. The topological polar surface area (TPSA) is 101 Å². The summed E-state index contributed by atoms with van der Waals surface area (Å²) in [5.41, 5.74) is 0. The van der Waals surface area contributed by atoms with Crippen molar-refractivity contribution in [3.63, 3.8) is 0 Å². The van der Waals surface area contributed by atoms with Gasteiger partial charge < -0.3 is 9.84 Å². The summed E-state index contributed by atoms with van der Waals surface area (Å²) in [5, 5.41) is 9.06. The van der Waals surface area contributed by atoms with Crippen molar-refractivity contribution < 1.29 is 29.0 Å². The molecule has 0 aromatic rings. The first-order valence-corrected chi connectivity index (χ1v) is 5.64. The monoisotopic (exact) mass is 255 g/mol. The highest BCUT2D eigenvalue weighted by atomic mass is 16.5. The molecule has 0 radical (unpaired) electrons. The molecule has 1 saturated carbocycles. The number of hydrogen-bond donors (Lipinski definition) is 1. The summed E-state index contributed by atoms with van der Waals surface area (Å²) in [6.45, 7) is 0. The molecule has 2 aliphatic rings. The fourth-order valence-electron chi connectivity index (χ4n) is 2.23. The van der Waals surface area contributed by atoms with Gasteiger partial charge in [0, 0.05) is 6.42 Å². The average Bonchev–Trinajstić information content (AvgIpc) is 3.07. The predicted molar refractivity (Wildman–Crippen MR) is 56.1 cm³/mol. The number of carbonyl (C=O) groups excluding carboxylic acids is 3. The van der Waals surface area contributed by atoms with E-state index in [2.05, 4.69) is 4.74 Å². The Kier molecular flexibility index (Phi) is 3.06. The van der Waals surface area contributed by atoms with E-state index in [4.69, 9.17) is 5.11 Å². The number of carboxylic acids is 1. The van der Waals surface area contributed by atoms with Gasteiger partial charge in [-0.1, -0.05) is 0 Å². The highest BCUT2D eigenvalue weighted by molar-refractivity contribution is 6.11. The molecule has 2 fully saturated rings. The highest BCUT2D eigenvalue weighted by Crippen LogP contribution is 2.47. The number of esters is 1. The van der Waals surface area contributed by atoms with Gasteiger partial charge in [-0.2, -0.15) is 0 Å². The average molecular weight is 255 g/mol. The lowest BCUT2D eigenvalue weighted by atomic mass is 10.1. The third kappa shape index (κ3) is 1.96. The molecule has 3 unspecified atom stereocenters. The van der Waals surface area contributed by atoms with Crippen LogP contribution in [0.5, 0.6) is 0 Å². The number of imide groups is 1. The van der Waals surface area contributed by atoms with Crippen LogP contribution in [-0.4, -0.2) is 46.9 Å². The minimum Gasteiger partial charge on any atom is -0.480 e. The maximum Gasteiger partial charge on any atom is 0.326 e. The standard InChI is InChI=1S/C11H13NO6/c1-18-8(13)3-2-7(11(16)17)12-9(14)5-4-6(5)10(12)15/h5-7H,2-4H2,1H3,(H,16,17). The van der Waals surface area contributed by atoms with Gasteiger partial charge in [-0.15, -0.1) is 0 Å². The van der Waals surface area contributed by atoms with E-state index in [1.54, 1.807) is 0 Å². The molecule has 1 saturated heterocycles. The van der Waals surface area contributed by atoms with Crippen molar-refractivity contribution in [2.24, 2.45) is 11.8 Å². The van der Waals surface area contributed by atoms with Crippen molar-refractivity contribution in [3.05, 3.63) is 0 Å². The number of likely N-dealkylation sites (tertiary alicyclic amines) is 1. The molecule has 3 atom stereocenters. The van der Waals surface area contributed by atoms with Crippen LogP contribution in [0, 0.1) is 11.8 Å². The molecular formula is C11H13NO6. The largest absolute Gasteiger partial charge is 0.480 e. The van der Waals surface area contributed by atoms with Crippen LogP contribution in [0.2, 0.25) is 0 Å². The molecule has 0 bridgehead atoms. The number of methoxy groups -OCH3 is 1. The Morgan fingerprint density at radius 2 is 1.94 bits per heavy atom. The van der Waals surface area contributed by atoms with Crippen molar-refractivity contribution in [1.82, 2.24) is 4.90 Å². The second-order valence-electron chi connectivity index (χ2n) is 4.46. The van der Waals surface area contributed by atoms with Gasteiger partial charge in [-0.3, -0.25) is 19.3 Å². The van der Waals surface area contributed by atoms with E-state index < -0.39 is 29.8 Å². The van der Waals surface area contributed by atoms with Gasteiger partial charge in [-0.25, -0.2) is 4.79 Å². The van der Waals surface area contributed by atoms with Gasteiger partial charge in [0.15, 0.2) is 0 Å². The molecule has 18 heavy (non-hydrogen) atoms. The summed E-state index contributed by atoms with van der Waals surface area (Å²) < 4.78 is 4.41. The SMILES string of the molecule is COC(=O)CCC(C(=O)O)N1C(=O)C2CC2C1=O. The van der Waals surface area contributed by atoms with Gasteiger partial charge in [0.1, 0.15) is 6.04 Å². The summed E-state index contributed by atoms with van der Waals surface area (Å²) in [5.74, 6) is -3.37. The lowest BCUT2D eigenvalue weighted by Gasteiger charge is -2.23. The molecule has 0 aromatic carbocycles. The Morgan fingerprint density at radius 3 is 2.39 bits per heavy atom. The summed E-state index contributed by atoms with van der Waals surface area (Å²) in [6, 6.07) is -1.27. The Hall–Kier alpha value is -1.92. The maximum atomic E-state index is 11.7. The molecule has 1 aliphatic heterocycles. The van der Waals surface area contributed by atoms with Crippen LogP contribution in [0.15, 0.2) is 0 Å². The lowest BCUT2D eigenvalue weighted by molar-refractivity contribution is -0.157. The van der Waals surface area contributed by atoms with Gasteiger partial charge in [-0.05, 0) is 12.8 Å². The first-order chi connectivity index (χ1) is 8.47. The Balaban J connectivity index is 2.06. The van der Waals surface area contributed by atoms with Gasteiger partial charge in [0.25, 0.3) is 0 Å².